The Morgan fingerprint density at radius 2 is 1.84 bits per heavy atom. The predicted octanol–water partition coefficient (Wildman–Crippen LogP) is 6.21. The minimum absolute atomic E-state index is 0.549. The van der Waals surface area contributed by atoms with E-state index < -0.39 is 0 Å². The summed E-state index contributed by atoms with van der Waals surface area (Å²) < 4.78 is 7.59. The second-order valence-electron chi connectivity index (χ2n) is 10.6. The molecular weight excluding hydrogens is 478 g/mol. The molecule has 37 heavy (non-hydrogen) atoms. The van der Waals surface area contributed by atoms with Gasteiger partial charge in [-0.25, -0.2) is 0 Å². The lowest BCUT2D eigenvalue weighted by molar-refractivity contribution is 0.0342. The number of nitrogens with zero attached hydrogens (tertiary/aromatic N) is 4. The number of H-pyrrole nitrogens is 1. The van der Waals surface area contributed by atoms with Crippen molar-refractivity contribution in [3.8, 4) is 33.0 Å². The van der Waals surface area contributed by atoms with Gasteiger partial charge >= 0.3 is 0 Å². The van der Waals surface area contributed by atoms with Gasteiger partial charge in [-0.05, 0) is 29.2 Å². The van der Waals surface area contributed by atoms with E-state index in [0.29, 0.717) is 5.92 Å². The quantitative estimate of drug-likeness (QED) is 0.290. The first kappa shape index (κ1) is 22.9. The topological polar surface area (TPSA) is 59.0 Å². The molecule has 7 heteroatoms. The SMILES string of the molecule is CC(C)Cn1ncc2ccc(-c3n[nH]c4c3Cc3sc(-c5ccc(CN6CCOCC6)cc5)cc3-4)cc21. The molecule has 0 amide bonds. The van der Waals surface area contributed by atoms with Crippen molar-refractivity contribution in [1.29, 1.82) is 0 Å². The number of aromatic amines is 1. The summed E-state index contributed by atoms with van der Waals surface area (Å²) in [7, 11) is 0. The van der Waals surface area contributed by atoms with Gasteiger partial charge in [0.1, 0.15) is 0 Å². The van der Waals surface area contributed by atoms with Gasteiger partial charge in [0.2, 0.25) is 0 Å². The van der Waals surface area contributed by atoms with Crippen molar-refractivity contribution in [3.05, 3.63) is 70.7 Å². The summed E-state index contributed by atoms with van der Waals surface area (Å²) >= 11 is 1.91. The molecule has 0 unspecified atom stereocenters. The predicted molar refractivity (Wildman–Crippen MR) is 150 cm³/mol. The van der Waals surface area contributed by atoms with E-state index in [1.807, 2.05) is 17.5 Å². The summed E-state index contributed by atoms with van der Waals surface area (Å²) in [5, 5.41) is 13.9. The third kappa shape index (κ3) is 4.21. The van der Waals surface area contributed by atoms with E-state index in [0.717, 1.165) is 57.1 Å². The molecule has 2 aromatic carbocycles. The Hall–Kier alpha value is -3.26. The average molecular weight is 510 g/mol. The van der Waals surface area contributed by atoms with Crippen LogP contribution in [0.1, 0.15) is 29.9 Å². The molecule has 0 saturated carbocycles. The minimum Gasteiger partial charge on any atom is -0.379 e. The summed E-state index contributed by atoms with van der Waals surface area (Å²) in [6, 6.07) is 18.0. The number of fused-ring (bicyclic) bond motifs is 4. The molecule has 7 rings (SSSR count). The Balaban J connectivity index is 1.14. The van der Waals surface area contributed by atoms with Gasteiger partial charge in [-0.15, -0.1) is 11.3 Å². The zero-order chi connectivity index (χ0) is 24.9. The van der Waals surface area contributed by atoms with Gasteiger partial charge in [0.25, 0.3) is 0 Å². The number of hydrogen-bond acceptors (Lipinski definition) is 5. The molecule has 0 bridgehead atoms. The maximum absolute atomic E-state index is 5.48. The molecule has 3 aromatic heterocycles. The Labute approximate surface area is 220 Å². The summed E-state index contributed by atoms with van der Waals surface area (Å²) in [6.45, 7) is 10.1. The highest BCUT2D eigenvalue weighted by Gasteiger charge is 2.28. The first-order valence-electron chi connectivity index (χ1n) is 13.2. The molecule has 1 N–H and O–H groups in total. The van der Waals surface area contributed by atoms with Crippen molar-refractivity contribution in [3.63, 3.8) is 0 Å². The smallest absolute Gasteiger partial charge is 0.0963 e. The highest BCUT2D eigenvalue weighted by atomic mass is 32.1. The Bertz CT molecular complexity index is 1570. The highest BCUT2D eigenvalue weighted by Crippen LogP contribution is 2.46. The number of hydrogen-bond donors (Lipinski definition) is 1. The number of benzene rings is 2. The van der Waals surface area contributed by atoms with Gasteiger partial charge < -0.3 is 4.74 Å². The van der Waals surface area contributed by atoms with Gasteiger partial charge in [-0.1, -0.05) is 50.2 Å². The van der Waals surface area contributed by atoms with E-state index >= 15 is 0 Å². The normalized spacial score (nSPS) is 15.5. The lowest BCUT2D eigenvalue weighted by Crippen LogP contribution is -2.35. The molecule has 0 atom stereocenters. The van der Waals surface area contributed by atoms with Crippen LogP contribution >= 0.6 is 11.3 Å². The zero-order valence-electron chi connectivity index (χ0n) is 21.3. The maximum atomic E-state index is 5.48. The van der Waals surface area contributed by atoms with Gasteiger partial charge in [-0.3, -0.25) is 14.7 Å². The fourth-order valence-electron chi connectivity index (χ4n) is 5.57. The van der Waals surface area contributed by atoms with Crippen molar-refractivity contribution in [1.82, 2.24) is 24.9 Å². The molecule has 6 nitrogen and oxygen atoms in total. The van der Waals surface area contributed by atoms with Gasteiger partial charge in [-0.2, -0.15) is 10.2 Å². The monoisotopic (exact) mass is 509 g/mol. The van der Waals surface area contributed by atoms with E-state index in [1.54, 1.807) is 0 Å². The molecular formula is C30H31N5OS. The van der Waals surface area contributed by atoms with Crippen LogP contribution in [0.3, 0.4) is 0 Å². The maximum Gasteiger partial charge on any atom is 0.0963 e. The standard InChI is InChI=1S/C30H31N5OS/c1-19(2)17-35-26-13-22(7-8-23(26)16-31-35)29-25-15-28-24(30(25)33-32-29)14-27(37-28)21-5-3-20(4-6-21)18-34-9-11-36-12-10-34/h3-8,13-14,16,19H,9-12,15,17-18H2,1-2H3,(H,32,33). The molecule has 2 aliphatic rings. The van der Waals surface area contributed by atoms with Crippen LogP contribution in [0.2, 0.25) is 0 Å². The van der Waals surface area contributed by atoms with E-state index in [1.165, 1.54) is 48.6 Å². The summed E-state index contributed by atoms with van der Waals surface area (Å²) in [6.07, 6.45) is 2.89. The number of thiophene rings is 1. The molecule has 1 aliphatic heterocycles. The Morgan fingerprint density at radius 1 is 1.03 bits per heavy atom. The summed E-state index contributed by atoms with van der Waals surface area (Å²) in [5.74, 6) is 0.549. The van der Waals surface area contributed by atoms with Crippen molar-refractivity contribution in [2.24, 2.45) is 5.92 Å². The number of aromatic nitrogens is 4. The average Bonchev–Trinajstić information content (AvgIpc) is 3.66. The van der Waals surface area contributed by atoms with Crippen LogP contribution in [0.4, 0.5) is 0 Å². The third-order valence-electron chi connectivity index (χ3n) is 7.49. The number of nitrogens with one attached hydrogen (secondary N) is 1. The minimum atomic E-state index is 0.549. The van der Waals surface area contributed by atoms with E-state index in [2.05, 4.69) is 82.2 Å². The largest absolute Gasteiger partial charge is 0.379 e. The van der Waals surface area contributed by atoms with E-state index in [4.69, 9.17) is 9.84 Å². The van der Waals surface area contributed by atoms with Crippen molar-refractivity contribution < 1.29 is 4.74 Å². The van der Waals surface area contributed by atoms with Crippen LogP contribution in [-0.2, 0) is 24.2 Å². The van der Waals surface area contributed by atoms with Crippen LogP contribution in [0.5, 0.6) is 0 Å². The summed E-state index contributed by atoms with van der Waals surface area (Å²) in [5.41, 5.74) is 9.83. The lowest BCUT2D eigenvalue weighted by atomic mass is 10.0. The Kier molecular flexibility index (Phi) is 5.72. The number of ether oxygens (including phenoxy) is 1. The molecule has 5 aromatic rings. The second kappa shape index (κ2) is 9.24. The fraction of sp³-hybridized carbons (Fsp3) is 0.333. The van der Waals surface area contributed by atoms with Crippen LogP contribution in [0, 0.1) is 5.92 Å². The molecule has 1 saturated heterocycles. The second-order valence-corrected chi connectivity index (χ2v) is 11.8. The molecule has 188 valence electrons. The van der Waals surface area contributed by atoms with Crippen molar-refractivity contribution >= 4 is 22.2 Å². The highest BCUT2D eigenvalue weighted by molar-refractivity contribution is 7.16. The molecule has 1 fully saturated rings. The number of rotatable bonds is 6. The van der Waals surface area contributed by atoms with Gasteiger partial charge in [0.05, 0.1) is 36.3 Å². The van der Waals surface area contributed by atoms with Crippen LogP contribution in [0.15, 0.2) is 54.7 Å². The molecule has 4 heterocycles. The van der Waals surface area contributed by atoms with Gasteiger partial charge in [0, 0.05) is 64.4 Å². The third-order valence-corrected chi connectivity index (χ3v) is 8.67. The molecule has 1 aliphatic carbocycles. The van der Waals surface area contributed by atoms with E-state index in [9.17, 15) is 0 Å². The van der Waals surface area contributed by atoms with Crippen LogP contribution < -0.4 is 0 Å². The lowest BCUT2D eigenvalue weighted by Gasteiger charge is -2.26. The fourth-order valence-corrected chi connectivity index (χ4v) is 6.76. The first-order chi connectivity index (χ1) is 18.1. The Morgan fingerprint density at radius 3 is 2.65 bits per heavy atom. The van der Waals surface area contributed by atoms with Crippen LogP contribution in [0.25, 0.3) is 43.9 Å². The van der Waals surface area contributed by atoms with E-state index in [-0.39, 0.29) is 0 Å². The first-order valence-corrected chi connectivity index (χ1v) is 14.0. The zero-order valence-corrected chi connectivity index (χ0v) is 22.1. The van der Waals surface area contributed by atoms with Crippen molar-refractivity contribution in [2.75, 3.05) is 26.3 Å². The van der Waals surface area contributed by atoms with Crippen LogP contribution in [-0.4, -0.2) is 51.2 Å². The molecule has 0 spiro atoms. The molecule has 0 radical (unpaired) electrons. The van der Waals surface area contributed by atoms with Crippen molar-refractivity contribution in [2.45, 2.75) is 33.4 Å². The number of morpholine rings is 1. The van der Waals surface area contributed by atoms with Gasteiger partial charge in [0.15, 0.2) is 0 Å². The summed E-state index contributed by atoms with van der Waals surface area (Å²) in [4.78, 5) is 5.21.